The van der Waals surface area contributed by atoms with Gasteiger partial charge in [0.1, 0.15) is 5.82 Å². The zero-order chi connectivity index (χ0) is 20.0. The smallest absolute Gasteiger partial charge is 0.327 e. The van der Waals surface area contributed by atoms with Gasteiger partial charge >= 0.3 is 6.03 Å². The van der Waals surface area contributed by atoms with E-state index in [1.165, 1.54) is 5.69 Å². The number of pyridine rings is 2. The van der Waals surface area contributed by atoms with Crippen molar-refractivity contribution < 1.29 is 4.79 Å². The molecule has 2 amide bonds. The molecule has 1 atom stereocenters. The van der Waals surface area contributed by atoms with Crippen molar-refractivity contribution in [2.75, 3.05) is 41.3 Å². The number of fused-ring (bicyclic) bond motifs is 2. The van der Waals surface area contributed by atoms with Crippen molar-refractivity contribution in [2.45, 2.75) is 19.4 Å². The highest BCUT2D eigenvalue weighted by atomic mass is 16.2. The summed E-state index contributed by atoms with van der Waals surface area (Å²) in [4.78, 5) is 25.9. The van der Waals surface area contributed by atoms with Crippen LogP contribution in [0.15, 0.2) is 30.7 Å². The minimum absolute atomic E-state index is 0.188. The van der Waals surface area contributed by atoms with Gasteiger partial charge in [-0.3, -0.25) is 9.58 Å². The first-order valence-corrected chi connectivity index (χ1v) is 9.92. The Balaban J connectivity index is 1.38. The van der Waals surface area contributed by atoms with Crippen molar-refractivity contribution in [3.8, 4) is 0 Å². The first-order chi connectivity index (χ1) is 14.1. The number of hydrogen-bond acceptors (Lipinski definition) is 6. The summed E-state index contributed by atoms with van der Waals surface area (Å²) in [6.45, 7) is 5.70. The Morgan fingerprint density at radius 3 is 3.07 bits per heavy atom. The zero-order valence-electron chi connectivity index (χ0n) is 16.6. The molecular formula is C20H24N8O. The Hall–Kier alpha value is -3.20. The van der Waals surface area contributed by atoms with Crippen LogP contribution in [0.1, 0.15) is 12.5 Å². The van der Waals surface area contributed by atoms with E-state index < -0.39 is 0 Å². The summed E-state index contributed by atoms with van der Waals surface area (Å²) in [5.74, 6) is 0.751. The van der Waals surface area contributed by atoms with Crippen LogP contribution in [-0.2, 0) is 13.5 Å². The number of nitrogens with one attached hydrogen (secondary N) is 2. The van der Waals surface area contributed by atoms with Crippen molar-refractivity contribution >= 4 is 34.3 Å². The van der Waals surface area contributed by atoms with Gasteiger partial charge in [-0.25, -0.2) is 14.8 Å². The van der Waals surface area contributed by atoms with Gasteiger partial charge in [-0.1, -0.05) is 0 Å². The predicted octanol–water partition coefficient (Wildman–Crippen LogP) is 1.76. The zero-order valence-corrected chi connectivity index (χ0v) is 16.6. The minimum Gasteiger partial charge on any atom is -0.368 e. The summed E-state index contributed by atoms with van der Waals surface area (Å²) < 4.78 is 1.71. The number of carbonyl (C=O) groups excluding carboxylic acids is 1. The summed E-state index contributed by atoms with van der Waals surface area (Å²) in [7, 11) is 1.85. The fourth-order valence-electron chi connectivity index (χ4n) is 4.21. The average Bonchev–Trinajstić information content (AvgIpc) is 3.30. The van der Waals surface area contributed by atoms with Crippen molar-refractivity contribution in [1.29, 1.82) is 0 Å². The fourth-order valence-corrected chi connectivity index (χ4v) is 4.21. The molecule has 3 aromatic rings. The lowest BCUT2D eigenvalue weighted by Gasteiger charge is -2.34. The molecule has 0 aliphatic carbocycles. The summed E-state index contributed by atoms with van der Waals surface area (Å²) in [5.41, 5.74) is 3.65. The van der Waals surface area contributed by atoms with Crippen LogP contribution in [0.4, 0.5) is 22.0 Å². The normalized spacial score (nSPS) is 18.9. The maximum absolute atomic E-state index is 13.0. The summed E-state index contributed by atoms with van der Waals surface area (Å²) in [6.07, 6.45) is 6.13. The molecule has 150 valence electrons. The van der Waals surface area contributed by atoms with Gasteiger partial charge in [0, 0.05) is 68.3 Å². The Morgan fingerprint density at radius 1 is 1.31 bits per heavy atom. The molecule has 5 heterocycles. The van der Waals surface area contributed by atoms with E-state index in [1.54, 1.807) is 22.0 Å². The molecule has 1 fully saturated rings. The van der Waals surface area contributed by atoms with Gasteiger partial charge in [-0.05, 0) is 25.5 Å². The molecule has 29 heavy (non-hydrogen) atoms. The topological polar surface area (TPSA) is 91.2 Å². The molecule has 2 N–H and O–H groups in total. The number of amides is 2. The number of carbonyl (C=O) groups is 1. The molecule has 0 spiro atoms. The molecular weight excluding hydrogens is 368 g/mol. The molecule has 2 aliphatic heterocycles. The van der Waals surface area contributed by atoms with E-state index >= 15 is 0 Å². The van der Waals surface area contributed by atoms with Gasteiger partial charge in [-0.15, -0.1) is 0 Å². The lowest BCUT2D eigenvalue weighted by Crippen LogP contribution is -2.49. The molecule has 9 heteroatoms. The van der Waals surface area contributed by atoms with Crippen molar-refractivity contribution in [3.63, 3.8) is 0 Å². The van der Waals surface area contributed by atoms with Crippen LogP contribution in [0, 0.1) is 0 Å². The maximum atomic E-state index is 13.0. The summed E-state index contributed by atoms with van der Waals surface area (Å²) in [6, 6.07) is 4.21. The summed E-state index contributed by atoms with van der Waals surface area (Å²) in [5, 5.41) is 11.6. The van der Waals surface area contributed by atoms with Crippen LogP contribution >= 0.6 is 0 Å². The highest BCUT2D eigenvalue weighted by Gasteiger charge is 2.30. The molecule has 1 saturated heterocycles. The number of rotatable bonds is 2. The number of aromatic nitrogens is 4. The molecule has 0 bridgehead atoms. The predicted molar refractivity (Wildman–Crippen MR) is 112 cm³/mol. The van der Waals surface area contributed by atoms with E-state index in [9.17, 15) is 4.79 Å². The van der Waals surface area contributed by atoms with Crippen LogP contribution in [-0.4, -0.2) is 58.0 Å². The molecule has 5 rings (SSSR count). The third kappa shape index (κ3) is 3.27. The first kappa shape index (κ1) is 17.9. The van der Waals surface area contributed by atoms with Gasteiger partial charge in [0.25, 0.3) is 0 Å². The third-order valence-corrected chi connectivity index (χ3v) is 5.53. The highest BCUT2D eigenvalue weighted by Crippen LogP contribution is 2.34. The number of urea groups is 1. The molecule has 0 saturated carbocycles. The molecule has 0 radical (unpaired) electrons. The first-order valence-electron chi connectivity index (χ1n) is 9.92. The Kier molecular flexibility index (Phi) is 4.31. The van der Waals surface area contributed by atoms with E-state index in [2.05, 4.69) is 43.6 Å². The van der Waals surface area contributed by atoms with Crippen LogP contribution in [0.5, 0.6) is 0 Å². The van der Waals surface area contributed by atoms with Crippen molar-refractivity contribution in [3.05, 3.63) is 36.3 Å². The molecule has 3 aromatic heterocycles. The lowest BCUT2D eigenvalue weighted by molar-refractivity contribution is 0.257. The Bertz CT molecular complexity index is 1080. The van der Waals surface area contributed by atoms with E-state index in [4.69, 9.17) is 0 Å². The molecule has 2 aliphatic rings. The standard InChI is InChI=1S/C20H24N8O/c1-13-11-27(8-6-21-13)17-3-5-22-19-16(17)4-7-28(19)20(29)24-15-9-14-12-26(2)25-18(14)23-10-15/h3,5,9-10,12-13,21H,4,6-8,11H2,1-2H3,(H,24,29)/t13-/m1/s1. The largest absolute Gasteiger partial charge is 0.368 e. The number of piperazine rings is 1. The summed E-state index contributed by atoms with van der Waals surface area (Å²) >= 11 is 0. The van der Waals surface area contributed by atoms with E-state index in [1.807, 2.05) is 19.3 Å². The monoisotopic (exact) mass is 392 g/mol. The molecule has 9 nitrogen and oxygen atoms in total. The van der Waals surface area contributed by atoms with Gasteiger partial charge in [0.15, 0.2) is 5.65 Å². The maximum Gasteiger partial charge on any atom is 0.327 e. The highest BCUT2D eigenvalue weighted by molar-refractivity contribution is 6.03. The van der Waals surface area contributed by atoms with Crippen LogP contribution < -0.4 is 20.4 Å². The Labute approximate surface area is 168 Å². The van der Waals surface area contributed by atoms with Crippen molar-refractivity contribution in [2.24, 2.45) is 7.05 Å². The number of anilines is 3. The SMILES string of the molecule is C[C@@H]1CN(c2ccnc3c2CCN3C(=O)Nc2cnc3nn(C)cc3c2)CCN1. The number of hydrogen-bond donors (Lipinski definition) is 2. The van der Waals surface area contributed by atoms with Gasteiger partial charge < -0.3 is 15.5 Å². The van der Waals surface area contributed by atoms with Crippen LogP contribution in [0.2, 0.25) is 0 Å². The number of nitrogens with zero attached hydrogens (tertiary/aromatic N) is 6. The Morgan fingerprint density at radius 2 is 2.21 bits per heavy atom. The second-order valence-electron chi connectivity index (χ2n) is 7.70. The van der Waals surface area contributed by atoms with E-state index in [-0.39, 0.29) is 6.03 Å². The quantitative estimate of drug-likeness (QED) is 0.691. The van der Waals surface area contributed by atoms with E-state index in [0.717, 1.165) is 42.8 Å². The average molecular weight is 392 g/mol. The second-order valence-corrected chi connectivity index (χ2v) is 7.70. The fraction of sp³-hybridized carbons (Fsp3) is 0.400. The second kappa shape index (κ2) is 7.00. The molecule has 0 unspecified atom stereocenters. The molecule has 0 aromatic carbocycles. The van der Waals surface area contributed by atoms with Gasteiger partial charge in [-0.2, -0.15) is 5.10 Å². The van der Waals surface area contributed by atoms with Gasteiger partial charge in [0.2, 0.25) is 0 Å². The van der Waals surface area contributed by atoms with Crippen LogP contribution in [0.25, 0.3) is 11.0 Å². The van der Waals surface area contributed by atoms with Gasteiger partial charge in [0.05, 0.1) is 11.9 Å². The minimum atomic E-state index is -0.188. The third-order valence-electron chi connectivity index (χ3n) is 5.53. The lowest BCUT2D eigenvalue weighted by atomic mass is 10.1. The van der Waals surface area contributed by atoms with Crippen molar-refractivity contribution in [1.82, 2.24) is 25.1 Å². The number of aryl methyl sites for hydroxylation is 1. The van der Waals surface area contributed by atoms with E-state index in [0.29, 0.717) is 23.9 Å². The van der Waals surface area contributed by atoms with Crippen LogP contribution in [0.3, 0.4) is 0 Å².